The van der Waals surface area contributed by atoms with Crippen LogP contribution in [0.5, 0.6) is 0 Å². The van der Waals surface area contributed by atoms with Crippen molar-refractivity contribution in [1.29, 1.82) is 0 Å². The van der Waals surface area contributed by atoms with E-state index in [1.165, 1.54) is 4.90 Å². The van der Waals surface area contributed by atoms with Gasteiger partial charge >= 0.3 is 6.03 Å². The molecule has 0 bridgehead atoms. The third kappa shape index (κ3) is 8.15. The van der Waals surface area contributed by atoms with E-state index in [0.717, 1.165) is 57.4 Å². The number of halogens is 2. The molecule has 0 spiro atoms. The maximum absolute atomic E-state index is 13.2. The summed E-state index contributed by atoms with van der Waals surface area (Å²) in [5, 5.41) is 1.03. The second-order valence-corrected chi connectivity index (χ2v) is 12.1. The molecule has 2 aliphatic heterocycles. The van der Waals surface area contributed by atoms with Crippen LogP contribution < -0.4 is 0 Å². The Balaban J connectivity index is 1.35. The molecule has 2 aromatic rings. The number of carbonyl (C=O) groups excluding carboxylic acids is 3. The third-order valence-electron chi connectivity index (χ3n) is 8.24. The van der Waals surface area contributed by atoms with Gasteiger partial charge in [-0.15, -0.1) is 0 Å². The van der Waals surface area contributed by atoms with Gasteiger partial charge in [-0.3, -0.25) is 9.59 Å². The SMILES string of the molecule is CN(C)C(=O)CN1CCCN(C2CCN(CC[C@H](CN(C)C(=O)c3ccccc3)c3ccc(Cl)c(Cl)c3)CC2)C1=O. The lowest BCUT2D eigenvalue weighted by Gasteiger charge is -2.43. The fourth-order valence-electron chi connectivity index (χ4n) is 5.73. The Labute approximate surface area is 253 Å². The average Bonchev–Trinajstić information content (AvgIpc) is 2.98. The zero-order chi connectivity index (χ0) is 29.5. The molecule has 0 unspecified atom stereocenters. The molecule has 2 fully saturated rings. The molecule has 2 saturated heterocycles. The molecule has 0 aliphatic carbocycles. The number of urea groups is 1. The molecule has 0 N–H and O–H groups in total. The molecule has 0 aromatic heterocycles. The van der Waals surface area contributed by atoms with Gasteiger partial charge < -0.3 is 24.5 Å². The van der Waals surface area contributed by atoms with Gasteiger partial charge in [0.2, 0.25) is 5.91 Å². The van der Waals surface area contributed by atoms with Crippen molar-refractivity contribution in [1.82, 2.24) is 24.5 Å². The highest BCUT2D eigenvalue weighted by molar-refractivity contribution is 6.42. The van der Waals surface area contributed by atoms with Crippen LogP contribution in [0.3, 0.4) is 0 Å². The molecule has 1 atom stereocenters. The Morgan fingerprint density at radius 2 is 1.66 bits per heavy atom. The summed E-state index contributed by atoms with van der Waals surface area (Å²) in [5.41, 5.74) is 1.73. The fourth-order valence-corrected chi connectivity index (χ4v) is 6.04. The molecule has 4 rings (SSSR count). The van der Waals surface area contributed by atoms with Gasteiger partial charge in [0, 0.05) is 71.4 Å². The zero-order valence-corrected chi connectivity index (χ0v) is 25.8. The lowest BCUT2D eigenvalue weighted by molar-refractivity contribution is -0.129. The highest BCUT2D eigenvalue weighted by Gasteiger charge is 2.34. The van der Waals surface area contributed by atoms with Gasteiger partial charge in [0.25, 0.3) is 5.91 Å². The third-order valence-corrected chi connectivity index (χ3v) is 8.98. The molecule has 0 saturated carbocycles. The Kier molecular flexibility index (Phi) is 10.9. The van der Waals surface area contributed by atoms with Gasteiger partial charge in [-0.1, -0.05) is 47.5 Å². The van der Waals surface area contributed by atoms with Crippen molar-refractivity contribution in [2.75, 3.05) is 67.0 Å². The van der Waals surface area contributed by atoms with Crippen LogP contribution in [0.1, 0.15) is 47.5 Å². The van der Waals surface area contributed by atoms with E-state index < -0.39 is 0 Å². The molecule has 222 valence electrons. The van der Waals surface area contributed by atoms with Gasteiger partial charge in [0.05, 0.1) is 10.0 Å². The lowest BCUT2D eigenvalue weighted by atomic mass is 9.93. The Morgan fingerprint density at radius 1 is 0.951 bits per heavy atom. The number of likely N-dealkylation sites (N-methyl/N-ethyl adjacent to an activating group) is 2. The van der Waals surface area contributed by atoms with E-state index in [1.54, 1.807) is 23.9 Å². The highest BCUT2D eigenvalue weighted by Crippen LogP contribution is 2.30. The molecule has 2 aliphatic rings. The largest absolute Gasteiger partial charge is 0.347 e. The van der Waals surface area contributed by atoms with Crippen molar-refractivity contribution in [3.05, 3.63) is 69.7 Å². The van der Waals surface area contributed by atoms with Gasteiger partial charge in [-0.25, -0.2) is 4.79 Å². The number of nitrogens with zero attached hydrogens (tertiary/aromatic N) is 5. The summed E-state index contributed by atoms with van der Waals surface area (Å²) in [6.07, 6.45) is 3.56. The number of rotatable bonds is 10. The molecule has 10 heteroatoms. The topological polar surface area (TPSA) is 67.4 Å². The molecule has 2 heterocycles. The van der Waals surface area contributed by atoms with Gasteiger partial charge in [-0.2, -0.15) is 0 Å². The predicted octanol–water partition coefficient (Wildman–Crippen LogP) is 4.92. The van der Waals surface area contributed by atoms with E-state index in [9.17, 15) is 14.4 Å². The first kappa shape index (κ1) is 31.1. The van der Waals surface area contributed by atoms with Gasteiger partial charge in [-0.05, 0) is 62.1 Å². The van der Waals surface area contributed by atoms with E-state index in [2.05, 4.69) is 4.90 Å². The van der Waals surface area contributed by atoms with Crippen LogP contribution >= 0.6 is 23.2 Å². The second-order valence-electron chi connectivity index (χ2n) is 11.3. The van der Waals surface area contributed by atoms with Crippen LogP contribution in [0.15, 0.2) is 48.5 Å². The molecule has 0 radical (unpaired) electrons. The van der Waals surface area contributed by atoms with Crippen LogP contribution in [0.25, 0.3) is 0 Å². The summed E-state index contributed by atoms with van der Waals surface area (Å²) >= 11 is 12.6. The molecule has 41 heavy (non-hydrogen) atoms. The van der Waals surface area contributed by atoms with Crippen molar-refractivity contribution in [3.63, 3.8) is 0 Å². The van der Waals surface area contributed by atoms with E-state index >= 15 is 0 Å². The van der Waals surface area contributed by atoms with E-state index in [1.807, 2.05) is 60.5 Å². The zero-order valence-electron chi connectivity index (χ0n) is 24.3. The fraction of sp³-hybridized carbons (Fsp3) is 0.516. The number of amides is 4. The average molecular weight is 603 g/mol. The number of piperidine rings is 1. The van der Waals surface area contributed by atoms with E-state index in [-0.39, 0.29) is 36.3 Å². The minimum atomic E-state index is -0.0531. The Morgan fingerprint density at radius 3 is 2.32 bits per heavy atom. The summed E-state index contributed by atoms with van der Waals surface area (Å²) in [6.45, 7) is 4.76. The molecule has 2 aromatic carbocycles. The van der Waals surface area contributed by atoms with Gasteiger partial charge in [0.15, 0.2) is 0 Å². The number of hydrogen-bond acceptors (Lipinski definition) is 4. The van der Waals surface area contributed by atoms with Crippen molar-refractivity contribution in [2.45, 2.75) is 37.6 Å². The van der Waals surface area contributed by atoms with Crippen LogP contribution in [0.2, 0.25) is 10.0 Å². The summed E-state index contributed by atoms with van der Waals surface area (Å²) in [4.78, 5) is 47.9. The van der Waals surface area contributed by atoms with Crippen molar-refractivity contribution in [3.8, 4) is 0 Å². The molecule has 8 nitrogen and oxygen atoms in total. The van der Waals surface area contributed by atoms with Crippen LogP contribution in [0, 0.1) is 0 Å². The lowest BCUT2D eigenvalue weighted by Crippen LogP contribution is -2.57. The molecule has 4 amide bonds. The first-order valence-corrected chi connectivity index (χ1v) is 15.1. The normalized spacial score (nSPS) is 17.4. The summed E-state index contributed by atoms with van der Waals surface area (Å²) in [6, 6.07) is 15.2. The minimum Gasteiger partial charge on any atom is -0.347 e. The molecular formula is C31H41Cl2N5O3. The number of carbonyl (C=O) groups is 3. The predicted molar refractivity (Wildman–Crippen MR) is 164 cm³/mol. The van der Waals surface area contributed by atoms with Crippen molar-refractivity contribution < 1.29 is 14.4 Å². The highest BCUT2D eigenvalue weighted by atomic mass is 35.5. The first-order valence-electron chi connectivity index (χ1n) is 14.4. The first-order chi connectivity index (χ1) is 19.6. The number of hydrogen-bond donors (Lipinski definition) is 0. The number of likely N-dealkylation sites (tertiary alicyclic amines) is 1. The minimum absolute atomic E-state index is 0.0102. The van der Waals surface area contributed by atoms with Crippen LogP contribution in [0.4, 0.5) is 4.79 Å². The quantitative estimate of drug-likeness (QED) is 0.388. The maximum Gasteiger partial charge on any atom is 0.320 e. The standard InChI is InChI=1S/C31H41Cl2N5O3/c1-34(2)29(39)22-37-15-7-16-38(31(37)41)26-13-18-36(19-14-26)17-12-25(24-10-11-27(32)28(33)20-24)21-35(3)30(40)23-8-5-4-6-9-23/h4-6,8-11,20,25-26H,7,12-19,21-22H2,1-3H3/t25-/m1/s1. The van der Waals surface area contributed by atoms with Crippen LogP contribution in [-0.2, 0) is 4.79 Å². The smallest absolute Gasteiger partial charge is 0.320 e. The van der Waals surface area contributed by atoms with E-state index in [4.69, 9.17) is 23.2 Å². The monoisotopic (exact) mass is 601 g/mol. The van der Waals surface area contributed by atoms with Gasteiger partial charge in [0.1, 0.15) is 6.54 Å². The summed E-state index contributed by atoms with van der Waals surface area (Å²) in [5.74, 6) is 0.0262. The Bertz CT molecular complexity index is 1200. The molecular weight excluding hydrogens is 561 g/mol. The second kappa shape index (κ2) is 14.4. The number of benzene rings is 2. The summed E-state index contributed by atoms with van der Waals surface area (Å²) in [7, 11) is 5.28. The summed E-state index contributed by atoms with van der Waals surface area (Å²) < 4.78 is 0. The van der Waals surface area contributed by atoms with Crippen LogP contribution in [-0.4, -0.2) is 115 Å². The van der Waals surface area contributed by atoms with E-state index in [0.29, 0.717) is 28.7 Å². The Hall–Kier alpha value is -2.81. The van der Waals surface area contributed by atoms with Crippen molar-refractivity contribution in [2.24, 2.45) is 0 Å². The van der Waals surface area contributed by atoms with Crippen molar-refractivity contribution >= 4 is 41.0 Å². The maximum atomic E-state index is 13.2.